The summed E-state index contributed by atoms with van der Waals surface area (Å²) in [5.41, 5.74) is 2.41. The van der Waals surface area contributed by atoms with Crippen molar-refractivity contribution in [1.82, 2.24) is 4.98 Å². The van der Waals surface area contributed by atoms with Gasteiger partial charge in [-0.2, -0.15) is 0 Å². The van der Waals surface area contributed by atoms with Crippen LogP contribution >= 0.6 is 0 Å². The molecule has 0 spiro atoms. The molecule has 1 aromatic heterocycles. The highest BCUT2D eigenvalue weighted by molar-refractivity contribution is 5.55. The van der Waals surface area contributed by atoms with Gasteiger partial charge in [0.1, 0.15) is 0 Å². The fourth-order valence-corrected chi connectivity index (χ4v) is 2.12. The largest absolute Gasteiger partial charge is 0.384 e. The minimum atomic E-state index is 1.02. The molecule has 0 radical (unpaired) electrons. The molecule has 0 aromatic carbocycles. The summed E-state index contributed by atoms with van der Waals surface area (Å²) in [5.74, 6) is 0. The first-order valence-corrected chi connectivity index (χ1v) is 6.34. The fraction of sp³-hybridized carbons (Fsp3) is 0.615. The predicted octanol–water partition coefficient (Wildman–Crippen LogP) is 2.89. The van der Waals surface area contributed by atoms with Crippen LogP contribution in [0.3, 0.4) is 0 Å². The van der Waals surface area contributed by atoms with Gasteiger partial charge in [0.05, 0.1) is 23.8 Å². The minimum absolute atomic E-state index is 1.02. The molecule has 3 heteroatoms. The summed E-state index contributed by atoms with van der Waals surface area (Å²) >= 11 is 0. The quantitative estimate of drug-likeness (QED) is 0.844. The van der Waals surface area contributed by atoms with Crippen LogP contribution in [0, 0.1) is 0 Å². The van der Waals surface area contributed by atoms with Crippen LogP contribution in [-0.2, 0) is 0 Å². The third-order valence-corrected chi connectivity index (χ3v) is 3.02. The summed E-state index contributed by atoms with van der Waals surface area (Å²) in [7, 11) is 0. The molecule has 0 saturated carbocycles. The highest BCUT2D eigenvalue weighted by Gasteiger charge is 2.11. The maximum atomic E-state index is 4.31. The van der Waals surface area contributed by atoms with Crippen LogP contribution in [0.2, 0.25) is 0 Å². The molecule has 0 atom stereocenters. The maximum Gasteiger partial charge on any atom is 0.0573 e. The van der Waals surface area contributed by atoms with E-state index >= 15 is 0 Å². The molecule has 2 heterocycles. The van der Waals surface area contributed by atoms with Gasteiger partial charge in [-0.05, 0) is 31.7 Å². The van der Waals surface area contributed by atoms with Gasteiger partial charge < -0.3 is 10.2 Å². The molecule has 1 aromatic rings. The summed E-state index contributed by atoms with van der Waals surface area (Å²) in [6, 6.07) is 2.22. The molecule has 0 bridgehead atoms. The molecule has 1 saturated heterocycles. The lowest BCUT2D eigenvalue weighted by atomic mass is 10.1. The van der Waals surface area contributed by atoms with E-state index in [1.807, 2.05) is 12.4 Å². The van der Waals surface area contributed by atoms with E-state index in [9.17, 15) is 0 Å². The van der Waals surface area contributed by atoms with Crippen molar-refractivity contribution in [3.05, 3.63) is 18.5 Å². The average molecular weight is 219 g/mol. The van der Waals surface area contributed by atoms with Crippen LogP contribution in [0.5, 0.6) is 0 Å². The monoisotopic (exact) mass is 219 g/mol. The molecule has 1 aliphatic rings. The van der Waals surface area contributed by atoms with Crippen molar-refractivity contribution in [3.63, 3.8) is 0 Å². The summed E-state index contributed by atoms with van der Waals surface area (Å²) in [5, 5.41) is 3.38. The summed E-state index contributed by atoms with van der Waals surface area (Å²) in [6.45, 7) is 5.55. The van der Waals surface area contributed by atoms with Crippen LogP contribution in [-0.4, -0.2) is 24.6 Å². The lowest BCUT2D eigenvalue weighted by Crippen LogP contribution is -2.29. The van der Waals surface area contributed by atoms with Crippen LogP contribution in [0.25, 0.3) is 0 Å². The Balaban J connectivity index is 2.02. The van der Waals surface area contributed by atoms with Crippen molar-refractivity contribution in [2.75, 3.05) is 29.9 Å². The topological polar surface area (TPSA) is 28.2 Å². The molecule has 0 amide bonds. The third-order valence-electron chi connectivity index (χ3n) is 3.02. The first-order chi connectivity index (χ1) is 7.90. The van der Waals surface area contributed by atoms with E-state index in [1.165, 1.54) is 38.0 Å². The summed E-state index contributed by atoms with van der Waals surface area (Å²) in [6.07, 6.45) is 9.02. The van der Waals surface area contributed by atoms with Crippen LogP contribution in [0.1, 0.15) is 32.6 Å². The van der Waals surface area contributed by atoms with Gasteiger partial charge in [-0.15, -0.1) is 0 Å². The normalized spacial score (nSPS) is 16.2. The van der Waals surface area contributed by atoms with E-state index in [0.717, 1.165) is 18.7 Å². The second-order valence-electron chi connectivity index (χ2n) is 4.41. The number of anilines is 2. The maximum absolute atomic E-state index is 4.31. The molecule has 88 valence electrons. The molecular weight excluding hydrogens is 198 g/mol. The smallest absolute Gasteiger partial charge is 0.0573 e. The Morgan fingerprint density at radius 2 is 2.06 bits per heavy atom. The number of piperidine rings is 1. The van der Waals surface area contributed by atoms with Gasteiger partial charge in [0.2, 0.25) is 0 Å². The van der Waals surface area contributed by atoms with Gasteiger partial charge in [-0.1, -0.05) is 6.92 Å². The molecule has 16 heavy (non-hydrogen) atoms. The van der Waals surface area contributed by atoms with Gasteiger partial charge in [0, 0.05) is 19.6 Å². The molecular formula is C13H21N3. The lowest BCUT2D eigenvalue weighted by Gasteiger charge is -2.28. The van der Waals surface area contributed by atoms with Gasteiger partial charge >= 0.3 is 0 Å². The van der Waals surface area contributed by atoms with E-state index in [0.29, 0.717) is 0 Å². The molecule has 0 aliphatic carbocycles. The van der Waals surface area contributed by atoms with Gasteiger partial charge in [0.25, 0.3) is 0 Å². The SMILES string of the molecule is CCCNc1cncc(N2CCCCC2)c1. The Labute approximate surface area is 97.9 Å². The van der Waals surface area contributed by atoms with Crippen LogP contribution < -0.4 is 10.2 Å². The Morgan fingerprint density at radius 1 is 1.25 bits per heavy atom. The predicted molar refractivity (Wildman–Crippen MR) is 69.1 cm³/mol. The number of pyridine rings is 1. The number of rotatable bonds is 4. The van der Waals surface area contributed by atoms with Crippen molar-refractivity contribution >= 4 is 11.4 Å². The van der Waals surface area contributed by atoms with Crippen LogP contribution in [0.15, 0.2) is 18.5 Å². The summed E-state index contributed by atoms with van der Waals surface area (Å²) in [4.78, 5) is 6.75. The van der Waals surface area contributed by atoms with E-state index in [2.05, 4.69) is 28.2 Å². The van der Waals surface area contributed by atoms with E-state index in [-0.39, 0.29) is 0 Å². The zero-order valence-corrected chi connectivity index (χ0v) is 10.1. The Hall–Kier alpha value is -1.25. The average Bonchev–Trinajstić information content (AvgIpc) is 2.38. The van der Waals surface area contributed by atoms with E-state index in [1.54, 1.807) is 0 Å². The van der Waals surface area contributed by atoms with Crippen molar-refractivity contribution in [2.24, 2.45) is 0 Å². The highest BCUT2D eigenvalue weighted by Crippen LogP contribution is 2.21. The van der Waals surface area contributed by atoms with E-state index < -0.39 is 0 Å². The second kappa shape index (κ2) is 5.73. The molecule has 1 aliphatic heterocycles. The molecule has 0 unspecified atom stereocenters. The lowest BCUT2D eigenvalue weighted by molar-refractivity contribution is 0.577. The minimum Gasteiger partial charge on any atom is -0.384 e. The molecule has 3 nitrogen and oxygen atoms in total. The van der Waals surface area contributed by atoms with Gasteiger partial charge in [0.15, 0.2) is 0 Å². The van der Waals surface area contributed by atoms with Gasteiger partial charge in [-0.3, -0.25) is 4.98 Å². The number of aromatic nitrogens is 1. The first-order valence-electron chi connectivity index (χ1n) is 6.34. The van der Waals surface area contributed by atoms with Crippen molar-refractivity contribution in [2.45, 2.75) is 32.6 Å². The second-order valence-corrected chi connectivity index (χ2v) is 4.41. The Bertz CT molecular complexity index is 319. The number of hydrogen-bond acceptors (Lipinski definition) is 3. The van der Waals surface area contributed by atoms with Crippen molar-refractivity contribution in [3.8, 4) is 0 Å². The standard InChI is InChI=1S/C13H21N3/c1-2-6-15-12-9-13(11-14-10-12)16-7-4-3-5-8-16/h9-11,15H,2-8H2,1H3. The molecule has 2 rings (SSSR count). The Kier molecular flexibility index (Phi) is 4.03. The van der Waals surface area contributed by atoms with E-state index in [4.69, 9.17) is 0 Å². The number of nitrogens with one attached hydrogen (secondary N) is 1. The van der Waals surface area contributed by atoms with Crippen molar-refractivity contribution in [1.29, 1.82) is 0 Å². The zero-order valence-electron chi connectivity index (χ0n) is 10.1. The molecule has 1 fully saturated rings. The van der Waals surface area contributed by atoms with Gasteiger partial charge in [-0.25, -0.2) is 0 Å². The Morgan fingerprint density at radius 3 is 2.81 bits per heavy atom. The summed E-state index contributed by atoms with van der Waals surface area (Å²) < 4.78 is 0. The number of nitrogens with zero attached hydrogens (tertiary/aromatic N) is 2. The fourth-order valence-electron chi connectivity index (χ4n) is 2.12. The van der Waals surface area contributed by atoms with Crippen molar-refractivity contribution < 1.29 is 0 Å². The first kappa shape index (κ1) is 11.2. The highest BCUT2D eigenvalue weighted by atomic mass is 15.1. The zero-order chi connectivity index (χ0) is 11.2. The van der Waals surface area contributed by atoms with Crippen LogP contribution in [0.4, 0.5) is 11.4 Å². The number of hydrogen-bond donors (Lipinski definition) is 1. The molecule has 1 N–H and O–H groups in total. The third kappa shape index (κ3) is 2.87.